The van der Waals surface area contributed by atoms with Gasteiger partial charge in [0.25, 0.3) is 5.82 Å². The minimum absolute atomic E-state index is 0.183. The van der Waals surface area contributed by atoms with Gasteiger partial charge in [-0.2, -0.15) is 9.13 Å². The van der Waals surface area contributed by atoms with Crippen molar-refractivity contribution in [3.63, 3.8) is 0 Å². The summed E-state index contributed by atoms with van der Waals surface area (Å²) in [5.41, 5.74) is 20.5. The number of aryl methyl sites for hydroxylation is 1. The topological polar surface area (TPSA) is 25.8 Å². The smallest absolute Gasteiger partial charge is 0.299 e. The van der Waals surface area contributed by atoms with Gasteiger partial charge in [0, 0.05) is 40.5 Å². The number of fused-ring (bicyclic) bond motifs is 10. The van der Waals surface area contributed by atoms with Gasteiger partial charge in [-0.3, -0.25) is 0 Å². The molecule has 0 fully saturated rings. The van der Waals surface area contributed by atoms with Crippen LogP contribution in [0, 0.1) is 0 Å². The van der Waals surface area contributed by atoms with Crippen molar-refractivity contribution >= 4 is 33.0 Å². The largest absolute Gasteiger partial charge is 0.455 e. The molecule has 2 atom stereocenters. The van der Waals surface area contributed by atoms with Crippen LogP contribution in [-0.2, 0) is 24.4 Å². The molecular weight excluding hydrogens is 827 g/mol. The third-order valence-electron chi connectivity index (χ3n) is 15.9. The van der Waals surface area contributed by atoms with Crippen LogP contribution in [0.4, 0.5) is 0 Å². The predicted molar refractivity (Wildman–Crippen MR) is 280 cm³/mol. The van der Waals surface area contributed by atoms with Crippen molar-refractivity contribution < 1.29 is 13.6 Å². The van der Waals surface area contributed by atoms with Gasteiger partial charge in [-0.05, 0) is 118 Å². The van der Waals surface area contributed by atoms with Gasteiger partial charge in [0.2, 0.25) is 5.69 Å². The molecule has 0 spiro atoms. The zero-order valence-electron chi connectivity index (χ0n) is 40.3. The molecule has 4 nitrogen and oxygen atoms in total. The highest BCUT2D eigenvalue weighted by atomic mass is 16.3. The van der Waals surface area contributed by atoms with E-state index < -0.39 is 0 Å². The van der Waals surface area contributed by atoms with E-state index in [9.17, 15) is 0 Å². The molecule has 12 rings (SSSR count). The number of aromatic nitrogens is 3. The highest BCUT2D eigenvalue weighted by molar-refractivity contribution is 6.11. The highest BCUT2D eigenvalue weighted by Crippen LogP contribution is 2.62. The molecule has 10 aromatic rings. The maximum Gasteiger partial charge on any atom is 0.299 e. The van der Waals surface area contributed by atoms with Gasteiger partial charge in [-0.15, -0.1) is 0 Å². The summed E-state index contributed by atoms with van der Waals surface area (Å²) < 4.78 is 15.0. The van der Waals surface area contributed by atoms with E-state index in [0.717, 1.165) is 58.2 Å². The molecule has 68 heavy (non-hydrogen) atoms. The van der Waals surface area contributed by atoms with E-state index in [1.165, 1.54) is 72.5 Å². The maximum absolute atomic E-state index is 7.40. The monoisotopic (exact) mass is 885 g/mol. The molecule has 3 aromatic heterocycles. The van der Waals surface area contributed by atoms with E-state index in [2.05, 4.69) is 244 Å². The molecule has 0 amide bonds. The molecule has 1 aliphatic heterocycles. The van der Waals surface area contributed by atoms with E-state index in [1.807, 2.05) is 0 Å². The van der Waals surface area contributed by atoms with Crippen LogP contribution in [0.5, 0.6) is 0 Å². The number of furan rings is 1. The van der Waals surface area contributed by atoms with Crippen LogP contribution in [0.25, 0.3) is 83.6 Å². The molecule has 0 saturated carbocycles. The lowest BCUT2D eigenvalue weighted by molar-refractivity contribution is -0.760. The second-order valence-electron chi connectivity index (χ2n) is 19.9. The average molecular weight is 886 g/mol. The first-order valence-corrected chi connectivity index (χ1v) is 24.8. The van der Waals surface area contributed by atoms with Crippen LogP contribution in [0.1, 0.15) is 88.5 Å². The first kappa shape index (κ1) is 42.1. The van der Waals surface area contributed by atoms with Crippen LogP contribution < -0.4 is 9.13 Å². The Labute approximate surface area is 400 Å². The van der Waals surface area contributed by atoms with Gasteiger partial charge in [0.1, 0.15) is 16.8 Å². The van der Waals surface area contributed by atoms with Crippen LogP contribution in [-0.4, -0.2) is 4.57 Å². The number of hydrogen-bond donors (Lipinski definition) is 0. The molecule has 334 valence electrons. The molecule has 7 aromatic carbocycles. The number of pyridine rings is 1. The molecule has 2 unspecified atom stereocenters. The van der Waals surface area contributed by atoms with Gasteiger partial charge in [0.05, 0.1) is 18.0 Å². The zero-order valence-corrected chi connectivity index (χ0v) is 40.3. The first-order chi connectivity index (χ1) is 33.2. The summed E-state index contributed by atoms with van der Waals surface area (Å²) in [4.78, 5) is 0. The van der Waals surface area contributed by atoms with E-state index >= 15 is 0 Å². The summed E-state index contributed by atoms with van der Waals surface area (Å²) in [6, 6.07) is 62.9. The zero-order chi connectivity index (χ0) is 46.5. The third kappa shape index (κ3) is 5.92. The van der Waals surface area contributed by atoms with E-state index in [1.54, 1.807) is 0 Å². The standard InChI is InChI=1S/C64H59N3O/c1-8-63-40-48(64(63,9-2)54-27-17-16-26-51(54)55-28-20-21-35-66(55)63)36-46-32-34-50-49-33-31-45(43-22-12-10-13-23-43)39-58(49)68-61(50)59(46)62-65(7)56-29-18-19-30-57(56)67(62)60-52(41(3)4)37-47(38-53(60)42(5)6)44-24-14-11-15-25-44/h10-35,37-42H,8-9,36H2,1-7H3/q+2. The fraction of sp³-hybridized carbons (Fsp3) is 0.219. The number of imidazole rings is 1. The molecule has 1 aliphatic carbocycles. The van der Waals surface area contributed by atoms with Crippen LogP contribution >= 0.6 is 0 Å². The second-order valence-corrected chi connectivity index (χ2v) is 19.9. The minimum Gasteiger partial charge on any atom is -0.455 e. The highest BCUT2D eigenvalue weighted by Gasteiger charge is 2.68. The Hall–Kier alpha value is -7.30. The Balaban J connectivity index is 1.17. The quantitative estimate of drug-likeness (QED) is 0.0992. The van der Waals surface area contributed by atoms with Gasteiger partial charge in [-0.25, -0.2) is 4.57 Å². The molecule has 0 radical (unpaired) electrons. The van der Waals surface area contributed by atoms with Crippen molar-refractivity contribution in [2.75, 3.05) is 0 Å². The van der Waals surface area contributed by atoms with Gasteiger partial charge >= 0.3 is 0 Å². The lowest BCUT2D eigenvalue weighted by Gasteiger charge is -2.56. The summed E-state index contributed by atoms with van der Waals surface area (Å²) in [5, 5.41) is 2.26. The van der Waals surface area contributed by atoms with E-state index in [0.29, 0.717) is 0 Å². The van der Waals surface area contributed by atoms with Crippen molar-refractivity contribution in [3.05, 3.63) is 210 Å². The third-order valence-corrected chi connectivity index (χ3v) is 15.9. The SMILES string of the molecule is CCC12C(Cc3ccc4c(oc5cc(-c6ccccc6)ccc54)c3-c3n(-c4c(C(C)C)cc(-c5ccccc5)cc4C(C)C)c4ccccc4[n+]3C)=CC1(CC)[n+]1ccccc1-c1ccccc12. The second kappa shape index (κ2) is 15.9. The molecule has 2 aliphatic rings. The fourth-order valence-corrected chi connectivity index (χ4v) is 12.7. The van der Waals surface area contributed by atoms with Crippen molar-refractivity contribution in [1.29, 1.82) is 0 Å². The normalized spacial score (nSPS) is 17.4. The number of nitrogens with zero attached hydrogens (tertiary/aromatic N) is 3. The molecule has 0 bridgehead atoms. The van der Waals surface area contributed by atoms with Crippen LogP contribution in [0.15, 0.2) is 192 Å². The molecule has 0 saturated heterocycles. The Morgan fingerprint density at radius 2 is 1.25 bits per heavy atom. The van der Waals surface area contributed by atoms with Crippen molar-refractivity contribution in [2.45, 2.75) is 83.6 Å². The average Bonchev–Trinajstić information content (AvgIpc) is 3.89. The molecule has 0 N–H and O–H groups in total. The van der Waals surface area contributed by atoms with E-state index in [-0.39, 0.29) is 22.8 Å². The van der Waals surface area contributed by atoms with Crippen molar-refractivity contribution in [2.24, 2.45) is 7.05 Å². The summed E-state index contributed by atoms with van der Waals surface area (Å²) in [7, 11) is 2.26. The number of para-hydroxylation sites is 2. The summed E-state index contributed by atoms with van der Waals surface area (Å²) in [6.45, 7) is 14.2. The number of hydrogen-bond acceptors (Lipinski definition) is 1. The van der Waals surface area contributed by atoms with E-state index in [4.69, 9.17) is 4.42 Å². The predicted octanol–water partition coefficient (Wildman–Crippen LogP) is 15.5. The lowest BCUT2D eigenvalue weighted by atomic mass is 9.47. The number of allylic oxidation sites excluding steroid dienone is 2. The molecular formula is C64H59N3O+2. The Bertz CT molecular complexity index is 3620. The number of benzene rings is 7. The maximum atomic E-state index is 7.40. The molecule has 4 heteroatoms. The Kier molecular flexibility index (Phi) is 9.85. The first-order valence-electron chi connectivity index (χ1n) is 24.8. The fourth-order valence-electron chi connectivity index (χ4n) is 12.7. The van der Waals surface area contributed by atoms with Crippen LogP contribution in [0.2, 0.25) is 0 Å². The molecule has 4 heterocycles. The Morgan fingerprint density at radius 1 is 0.603 bits per heavy atom. The van der Waals surface area contributed by atoms with Crippen molar-refractivity contribution in [1.82, 2.24) is 4.57 Å². The van der Waals surface area contributed by atoms with Gasteiger partial charge in [-0.1, -0.05) is 151 Å². The number of rotatable bonds is 10. The Morgan fingerprint density at radius 3 is 1.96 bits per heavy atom. The van der Waals surface area contributed by atoms with Crippen molar-refractivity contribution in [3.8, 4) is 50.6 Å². The van der Waals surface area contributed by atoms with Gasteiger partial charge < -0.3 is 4.42 Å². The van der Waals surface area contributed by atoms with Gasteiger partial charge in [0.15, 0.2) is 28.4 Å². The van der Waals surface area contributed by atoms with Crippen LogP contribution in [0.3, 0.4) is 0 Å². The summed E-state index contributed by atoms with van der Waals surface area (Å²) >= 11 is 0. The summed E-state index contributed by atoms with van der Waals surface area (Å²) in [5.74, 6) is 1.63. The lowest BCUT2D eigenvalue weighted by Crippen LogP contribution is -2.74. The minimum atomic E-state index is -0.195. The summed E-state index contributed by atoms with van der Waals surface area (Å²) in [6.07, 6.45) is 7.74.